The molecule has 156 valence electrons. The number of carbonyl (C=O) groups is 1. The van der Waals surface area contributed by atoms with Crippen LogP contribution < -0.4 is 11.1 Å². The SMILES string of the molecule is NC(=O)c1cc(C(F)(F)F)cc(C2CCC(CNc3ccc(F)cn3)CC2)c1Cl. The minimum atomic E-state index is -4.59. The number of pyridine rings is 1. The number of nitrogens with one attached hydrogen (secondary N) is 1. The van der Waals surface area contributed by atoms with Crippen LogP contribution in [0.5, 0.6) is 0 Å². The average Bonchev–Trinajstić information content (AvgIpc) is 2.67. The number of carbonyl (C=O) groups excluding carboxylic acids is 1. The van der Waals surface area contributed by atoms with Crippen molar-refractivity contribution in [1.82, 2.24) is 4.98 Å². The third-order valence-electron chi connectivity index (χ3n) is 5.28. The van der Waals surface area contributed by atoms with Gasteiger partial charge in [-0.25, -0.2) is 9.37 Å². The zero-order chi connectivity index (χ0) is 21.2. The zero-order valence-electron chi connectivity index (χ0n) is 15.4. The summed E-state index contributed by atoms with van der Waals surface area (Å²) in [6, 6.07) is 4.60. The standard InChI is InChI=1S/C20H20ClF4N3O/c21-18-15(7-13(20(23,24)25)8-16(18)19(26)29)12-3-1-11(2-4-12)9-27-17-6-5-14(22)10-28-17/h5-8,10-12H,1-4,9H2,(H2,26,29)(H,27,28). The van der Waals surface area contributed by atoms with Crippen LogP contribution in [0, 0.1) is 11.7 Å². The molecule has 3 N–H and O–H groups in total. The molecule has 4 nitrogen and oxygen atoms in total. The van der Waals surface area contributed by atoms with E-state index in [-0.39, 0.29) is 16.5 Å². The molecule has 1 aromatic heterocycles. The van der Waals surface area contributed by atoms with Gasteiger partial charge in [0.15, 0.2) is 0 Å². The Morgan fingerprint density at radius 1 is 1.21 bits per heavy atom. The highest BCUT2D eigenvalue weighted by molar-refractivity contribution is 6.34. The third kappa shape index (κ3) is 5.18. The summed E-state index contributed by atoms with van der Waals surface area (Å²) in [4.78, 5) is 15.5. The fourth-order valence-electron chi connectivity index (χ4n) is 3.69. The molecule has 1 amide bonds. The molecule has 3 rings (SSSR count). The van der Waals surface area contributed by atoms with E-state index in [1.807, 2.05) is 0 Å². The van der Waals surface area contributed by atoms with E-state index in [1.54, 1.807) is 6.07 Å². The summed E-state index contributed by atoms with van der Waals surface area (Å²) in [7, 11) is 0. The lowest BCUT2D eigenvalue weighted by Gasteiger charge is -2.30. The predicted molar refractivity (Wildman–Crippen MR) is 102 cm³/mol. The van der Waals surface area contributed by atoms with E-state index in [0.717, 1.165) is 25.1 Å². The molecule has 0 radical (unpaired) electrons. The summed E-state index contributed by atoms with van der Waals surface area (Å²) in [6.07, 6.45) is -0.627. The number of rotatable bonds is 5. The summed E-state index contributed by atoms with van der Waals surface area (Å²) in [5.41, 5.74) is 4.32. The highest BCUT2D eigenvalue weighted by Crippen LogP contribution is 2.42. The molecule has 29 heavy (non-hydrogen) atoms. The molecule has 1 aliphatic rings. The molecule has 0 aliphatic heterocycles. The Balaban J connectivity index is 1.69. The Morgan fingerprint density at radius 3 is 2.45 bits per heavy atom. The van der Waals surface area contributed by atoms with Crippen molar-refractivity contribution in [3.8, 4) is 0 Å². The molecule has 0 spiro atoms. The summed E-state index contributed by atoms with van der Waals surface area (Å²) in [5.74, 6) is -0.696. The fourth-order valence-corrected chi connectivity index (χ4v) is 4.05. The minimum Gasteiger partial charge on any atom is -0.370 e. The molecule has 9 heteroatoms. The van der Waals surface area contributed by atoms with Crippen molar-refractivity contribution in [3.05, 3.63) is 58.0 Å². The number of halogens is 5. The Bertz CT molecular complexity index is 879. The molecule has 1 aromatic carbocycles. The monoisotopic (exact) mass is 429 g/mol. The van der Waals surface area contributed by atoms with E-state index in [9.17, 15) is 22.4 Å². The number of aromatic nitrogens is 1. The van der Waals surface area contributed by atoms with Gasteiger partial charge in [0.25, 0.3) is 0 Å². The number of amides is 1. The van der Waals surface area contributed by atoms with Crippen LogP contribution in [0.2, 0.25) is 5.02 Å². The van der Waals surface area contributed by atoms with Crippen LogP contribution in [-0.4, -0.2) is 17.4 Å². The van der Waals surface area contributed by atoms with Gasteiger partial charge in [0.1, 0.15) is 11.6 Å². The highest BCUT2D eigenvalue weighted by atomic mass is 35.5. The average molecular weight is 430 g/mol. The smallest absolute Gasteiger partial charge is 0.370 e. The maximum Gasteiger partial charge on any atom is 0.416 e. The van der Waals surface area contributed by atoms with Gasteiger partial charge in [0.05, 0.1) is 22.3 Å². The first kappa shape index (κ1) is 21.4. The Kier molecular flexibility index (Phi) is 6.31. The number of alkyl halides is 3. The Hall–Kier alpha value is -2.35. The molecule has 1 saturated carbocycles. The van der Waals surface area contributed by atoms with Gasteiger partial charge in [-0.2, -0.15) is 13.2 Å². The number of hydrogen-bond donors (Lipinski definition) is 2. The van der Waals surface area contributed by atoms with Crippen molar-refractivity contribution in [2.24, 2.45) is 11.7 Å². The van der Waals surface area contributed by atoms with Crippen LogP contribution in [0.4, 0.5) is 23.4 Å². The second-order valence-electron chi connectivity index (χ2n) is 7.25. The van der Waals surface area contributed by atoms with Gasteiger partial charge in [-0.1, -0.05) is 11.6 Å². The second-order valence-corrected chi connectivity index (χ2v) is 7.63. The quantitative estimate of drug-likeness (QED) is 0.627. The molecule has 2 aromatic rings. The Morgan fingerprint density at radius 2 is 1.90 bits per heavy atom. The van der Waals surface area contributed by atoms with E-state index in [1.165, 1.54) is 6.07 Å². The number of hydrogen-bond acceptors (Lipinski definition) is 3. The van der Waals surface area contributed by atoms with E-state index in [4.69, 9.17) is 17.3 Å². The molecule has 1 fully saturated rings. The normalized spacial score (nSPS) is 19.8. The molecule has 0 unspecified atom stereocenters. The predicted octanol–water partition coefficient (Wildman–Crippen LogP) is 5.38. The lowest BCUT2D eigenvalue weighted by atomic mass is 9.78. The highest BCUT2D eigenvalue weighted by Gasteiger charge is 2.34. The fraction of sp³-hybridized carbons (Fsp3) is 0.400. The topological polar surface area (TPSA) is 68.0 Å². The molecule has 1 heterocycles. The maximum absolute atomic E-state index is 13.2. The van der Waals surface area contributed by atoms with Crippen LogP contribution in [0.1, 0.15) is 53.1 Å². The first-order chi connectivity index (χ1) is 13.6. The lowest BCUT2D eigenvalue weighted by molar-refractivity contribution is -0.137. The van der Waals surface area contributed by atoms with Gasteiger partial charge < -0.3 is 11.1 Å². The second kappa shape index (κ2) is 8.57. The molecule has 0 atom stereocenters. The Labute approximate surface area is 170 Å². The number of nitrogens with two attached hydrogens (primary N) is 1. The van der Waals surface area contributed by atoms with Gasteiger partial charge in [-0.3, -0.25) is 4.79 Å². The molecular weight excluding hydrogens is 410 g/mol. The number of benzene rings is 1. The summed E-state index contributed by atoms with van der Waals surface area (Å²) < 4.78 is 52.6. The van der Waals surface area contributed by atoms with Crippen LogP contribution in [0.3, 0.4) is 0 Å². The lowest BCUT2D eigenvalue weighted by Crippen LogP contribution is -2.22. The van der Waals surface area contributed by atoms with E-state index in [2.05, 4.69) is 10.3 Å². The van der Waals surface area contributed by atoms with Crippen LogP contribution in [-0.2, 0) is 6.18 Å². The third-order valence-corrected chi connectivity index (χ3v) is 5.70. The van der Waals surface area contributed by atoms with Gasteiger partial charge >= 0.3 is 6.18 Å². The largest absolute Gasteiger partial charge is 0.416 e. The van der Waals surface area contributed by atoms with Crippen molar-refractivity contribution in [1.29, 1.82) is 0 Å². The molecule has 0 bridgehead atoms. The summed E-state index contributed by atoms with van der Waals surface area (Å²) in [6.45, 7) is 0.633. The van der Waals surface area contributed by atoms with E-state index >= 15 is 0 Å². The van der Waals surface area contributed by atoms with Crippen molar-refractivity contribution in [2.45, 2.75) is 37.8 Å². The van der Waals surface area contributed by atoms with Crippen molar-refractivity contribution in [3.63, 3.8) is 0 Å². The maximum atomic E-state index is 13.2. The van der Waals surface area contributed by atoms with E-state index < -0.39 is 23.5 Å². The van der Waals surface area contributed by atoms with Crippen LogP contribution in [0.25, 0.3) is 0 Å². The number of nitrogens with zero attached hydrogens (tertiary/aromatic N) is 1. The van der Waals surface area contributed by atoms with Crippen molar-refractivity contribution < 1.29 is 22.4 Å². The van der Waals surface area contributed by atoms with Crippen LogP contribution in [0.15, 0.2) is 30.5 Å². The first-order valence-electron chi connectivity index (χ1n) is 9.21. The van der Waals surface area contributed by atoms with Crippen molar-refractivity contribution >= 4 is 23.3 Å². The molecular formula is C20H20ClF4N3O. The van der Waals surface area contributed by atoms with Gasteiger partial charge in [0, 0.05) is 6.54 Å². The summed E-state index contributed by atoms with van der Waals surface area (Å²) >= 11 is 6.23. The molecule has 0 saturated heterocycles. The number of primary amides is 1. The van der Waals surface area contributed by atoms with Crippen molar-refractivity contribution in [2.75, 3.05) is 11.9 Å². The summed E-state index contributed by atoms with van der Waals surface area (Å²) in [5, 5.41) is 3.15. The molecule has 1 aliphatic carbocycles. The first-order valence-corrected chi connectivity index (χ1v) is 9.59. The number of anilines is 1. The zero-order valence-corrected chi connectivity index (χ0v) is 16.2. The van der Waals surface area contributed by atoms with Gasteiger partial charge in [0.2, 0.25) is 5.91 Å². The minimum absolute atomic E-state index is 0.00240. The van der Waals surface area contributed by atoms with Crippen LogP contribution >= 0.6 is 11.6 Å². The van der Waals surface area contributed by atoms with E-state index in [0.29, 0.717) is 42.8 Å². The van der Waals surface area contributed by atoms with Gasteiger partial charge in [-0.05, 0) is 67.3 Å². The van der Waals surface area contributed by atoms with Gasteiger partial charge in [-0.15, -0.1) is 0 Å².